The summed E-state index contributed by atoms with van der Waals surface area (Å²) in [5.41, 5.74) is 7.72. The molecule has 0 aliphatic rings. The summed E-state index contributed by atoms with van der Waals surface area (Å²) >= 11 is 0. The van der Waals surface area contributed by atoms with Crippen molar-refractivity contribution in [2.24, 2.45) is 5.73 Å². The summed E-state index contributed by atoms with van der Waals surface area (Å²) in [6.07, 6.45) is 6.67. The summed E-state index contributed by atoms with van der Waals surface area (Å²) in [5.74, 6) is 0.154. The van der Waals surface area contributed by atoms with Gasteiger partial charge in [0, 0.05) is 6.42 Å². The maximum atomic E-state index is 11.8. The fourth-order valence-electron chi connectivity index (χ4n) is 3.08. The lowest BCUT2D eigenvalue weighted by molar-refractivity contribution is -0.138. The SMILES string of the molecule is C=C(COc1cc(CCCCCCCC(N)=O)ccc1C(C)(C)C)C(=O)OCC. The Hall–Kier alpha value is -2.30. The minimum absolute atomic E-state index is 0.0699. The predicted molar refractivity (Wildman–Crippen MR) is 117 cm³/mol. The Bertz CT molecular complexity index is 689. The Kier molecular flexibility index (Phi) is 10.5. The van der Waals surface area contributed by atoms with Crippen LogP contribution in [0.15, 0.2) is 30.4 Å². The van der Waals surface area contributed by atoms with Gasteiger partial charge in [-0.1, -0.05) is 58.7 Å². The van der Waals surface area contributed by atoms with Crippen LogP contribution in [0.4, 0.5) is 0 Å². The molecule has 0 aromatic heterocycles. The van der Waals surface area contributed by atoms with Gasteiger partial charge in [-0.05, 0) is 48.8 Å². The number of carbonyl (C=O) groups is 2. The molecule has 0 aliphatic heterocycles. The molecule has 0 saturated carbocycles. The van der Waals surface area contributed by atoms with Gasteiger partial charge in [-0.2, -0.15) is 0 Å². The first kappa shape index (κ1) is 24.7. The van der Waals surface area contributed by atoms with Crippen molar-refractivity contribution >= 4 is 11.9 Å². The van der Waals surface area contributed by atoms with Gasteiger partial charge in [0.15, 0.2) is 0 Å². The van der Waals surface area contributed by atoms with Gasteiger partial charge in [-0.15, -0.1) is 0 Å². The zero-order valence-electron chi connectivity index (χ0n) is 18.5. The summed E-state index contributed by atoms with van der Waals surface area (Å²) in [5, 5.41) is 0. The highest BCUT2D eigenvalue weighted by Gasteiger charge is 2.20. The average Bonchev–Trinajstić information content (AvgIpc) is 2.64. The van der Waals surface area contributed by atoms with Crippen molar-refractivity contribution < 1.29 is 19.1 Å². The van der Waals surface area contributed by atoms with Crippen molar-refractivity contribution in [1.82, 2.24) is 0 Å². The predicted octanol–water partition coefficient (Wildman–Crippen LogP) is 4.85. The first-order valence-corrected chi connectivity index (χ1v) is 10.5. The van der Waals surface area contributed by atoms with Gasteiger partial charge in [0.1, 0.15) is 12.4 Å². The number of benzene rings is 1. The topological polar surface area (TPSA) is 78.6 Å². The van der Waals surface area contributed by atoms with Gasteiger partial charge >= 0.3 is 5.97 Å². The molecule has 1 aromatic rings. The van der Waals surface area contributed by atoms with Gasteiger partial charge in [-0.25, -0.2) is 4.79 Å². The standard InChI is InChI=1S/C24H37NO4/c1-6-28-23(27)18(2)17-29-21-16-19(14-15-20(21)24(3,4)5)12-10-8-7-9-11-13-22(25)26/h14-16H,2,6-13,17H2,1,3-5H3,(H2,25,26). The lowest BCUT2D eigenvalue weighted by Gasteiger charge is -2.23. The van der Waals surface area contributed by atoms with E-state index in [0.29, 0.717) is 18.6 Å². The van der Waals surface area contributed by atoms with Crippen LogP contribution >= 0.6 is 0 Å². The lowest BCUT2D eigenvalue weighted by atomic mass is 9.85. The lowest BCUT2D eigenvalue weighted by Crippen LogP contribution is -2.17. The molecule has 0 fully saturated rings. The summed E-state index contributed by atoms with van der Waals surface area (Å²) in [7, 11) is 0. The molecule has 1 aromatic carbocycles. The molecule has 162 valence electrons. The molecule has 0 saturated heterocycles. The summed E-state index contributed by atoms with van der Waals surface area (Å²) < 4.78 is 10.9. The van der Waals surface area contributed by atoms with Crippen molar-refractivity contribution in [3.8, 4) is 5.75 Å². The first-order chi connectivity index (χ1) is 13.6. The monoisotopic (exact) mass is 403 g/mol. The second-order valence-corrected chi connectivity index (χ2v) is 8.43. The summed E-state index contributed by atoms with van der Waals surface area (Å²) in [6, 6.07) is 6.34. The Labute approximate surface area is 175 Å². The van der Waals surface area contributed by atoms with Crippen LogP contribution in [-0.2, 0) is 26.2 Å². The van der Waals surface area contributed by atoms with Crippen LogP contribution in [0, 0.1) is 0 Å². The second kappa shape index (κ2) is 12.3. The van der Waals surface area contributed by atoms with E-state index in [1.54, 1.807) is 6.92 Å². The van der Waals surface area contributed by atoms with E-state index >= 15 is 0 Å². The van der Waals surface area contributed by atoms with Crippen molar-refractivity contribution in [2.75, 3.05) is 13.2 Å². The molecule has 0 heterocycles. The Morgan fingerprint density at radius 1 is 1.07 bits per heavy atom. The maximum absolute atomic E-state index is 11.8. The van der Waals surface area contributed by atoms with E-state index in [1.807, 2.05) is 0 Å². The van der Waals surface area contributed by atoms with Gasteiger partial charge < -0.3 is 15.2 Å². The Morgan fingerprint density at radius 3 is 2.34 bits per heavy atom. The number of amides is 1. The van der Waals surface area contributed by atoms with Crippen LogP contribution < -0.4 is 10.5 Å². The molecule has 0 aliphatic carbocycles. The van der Waals surface area contributed by atoms with Crippen LogP contribution in [0.5, 0.6) is 5.75 Å². The highest BCUT2D eigenvalue weighted by molar-refractivity contribution is 5.88. The average molecular weight is 404 g/mol. The Morgan fingerprint density at radius 2 is 1.72 bits per heavy atom. The van der Waals surface area contributed by atoms with Crippen LogP contribution in [0.25, 0.3) is 0 Å². The normalized spacial score (nSPS) is 11.2. The molecule has 0 unspecified atom stereocenters. The molecule has 5 heteroatoms. The van der Waals surface area contributed by atoms with Gasteiger partial charge in [0.2, 0.25) is 5.91 Å². The maximum Gasteiger partial charge on any atom is 0.336 e. The molecule has 1 rings (SSSR count). The molecule has 0 atom stereocenters. The number of aryl methyl sites for hydroxylation is 1. The molecule has 0 radical (unpaired) electrons. The third kappa shape index (κ3) is 9.64. The minimum atomic E-state index is -0.419. The van der Waals surface area contributed by atoms with E-state index < -0.39 is 5.97 Å². The zero-order valence-corrected chi connectivity index (χ0v) is 18.5. The van der Waals surface area contributed by atoms with E-state index in [-0.39, 0.29) is 17.9 Å². The highest BCUT2D eigenvalue weighted by Crippen LogP contribution is 2.33. The van der Waals surface area contributed by atoms with E-state index in [0.717, 1.165) is 49.8 Å². The zero-order chi connectivity index (χ0) is 21.9. The quantitative estimate of drug-likeness (QED) is 0.290. The van der Waals surface area contributed by atoms with Crippen LogP contribution in [0.3, 0.4) is 0 Å². The largest absolute Gasteiger partial charge is 0.488 e. The first-order valence-electron chi connectivity index (χ1n) is 10.5. The summed E-state index contributed by atoms with van der Waals surface area (Å²) in [6.45, 7) is 12.4. The van der Waals surface area contributed by atoms with E-state index in [4.69, 9.17) is 15.2 Å². The molecule has 29 heavy (non-hydrogen) atoms. The van der Waals surface area contributed by atoms with Crippen LogP contribution in [0.1, 0.15) is 77.3 Å². The number of hydrogen-bond acceptors (Lipinski definition) is 4. The molecule has 1 amide bonds. The smallest absolute Gasteiger partial charge is 0.336 e. The van der Waals surface area contributed by atoms with Crippen molar-refractivity contribution in [3.63, 3.8) is 0 Å². The molecule has 0 spiro atoms. The molecular formula is C24H37NO4. The fourth-order valence-corrected chi connectivity index (χ4v) is 3.08. The van der Waals surface area contributed by atoms with Crippen molar-refractivity contribution in [1.29, 1.82) is 0 Å². The van der Waals surface area contributed by atoms with Crippen LogP contribution in [0.2, 0.25) is 0 Å². The van der Waals surface area contributed by atoms with Crippen molar-refractivity contribution in [2.45, 2.75) is 78.1 Å². The number of nitrogens with two attached hydrogens (primary N) is 1. The number of ether oxygens (including phenoxy) is 2. The third-order valence-corrected chi connectivity index (χ3v) is 4.71. The highest BCUT2D eigenvalue weighted by atomic mass is 16.5. The molecule has 2 N–H and O–H groups in total. The van der Waals surface area contributed by atoms with E-state index in [1.165, 1.54) is 5.56 Å². The fraction of sp³-hybridized carbons (Fsp3) is 0.583. The number of hydrogen-bond donors (Lipinski definition) is 1. The molecular weight excluding hydrogens is 366 g/mol. The van der Waals surface area contributed by atoms with Crippen molar-refractivity contribution in [3.05, 3.63) is 41.5 Å². The number of esters is 1. The number of carbonyl (C=O) groups excluding carboxylic acids is 2. The van der Waals surface area contributed by atoms with Crippen LogP contribution in [-0.4, -0.2) is 25.1 Å². The number of rotatable bonds is 13. The minimum Gasteiger partial charge on any atom is -0.488 e. The second-order valence-electron chi connectivity index (χ2n) is 8.43. The molecule has 0 bridgehead atoms. The summed E-state index contributed by atoms with van der Waals surface area (Å²) in [4.78, 5) is 22.5. The number of primary amides is 1. The molecule has 5 nitrogen and oxygen atoms in total. The van der Waals surface area contributed by atoms with Gasteiger partial charge in [0.05, 0.1) is 12.2 Å². The van der Waals surface area contributed by atoms with E-state index in [2.05, 4.69) is 45.5 Å². The van der Waals surface area contributed by atoms with Gasteiger partial charge in [0.25, 0.3) is 0 Å². The third-order valence-electron chi connectivity index (χ3n) is 4.71. The Balaban J connectivity index is 2.65. The van der Waals surface area contributed by atoms with Gasteiger partial charge in [-0.3, -0.25) is 4.79 Å². The number of unbranched alkanes of at least 4 members (excludes halogenated alkanes) is 4. The van der Waals surface area contributed by atoms with E-state index in [9.17, 15) is 9.59 Å².